The monoisotopic (exact) mass is 480 g/mol. The van der Waals surface area contributed by atoms with E-state index in [1.54, 1.807) is 7.05 Å². The number of hydrogen-bond acceptors (Lipinski definition) is 4. The van der Waals surface area contributed by atoms with Crippen molar-refractivity contribution in [1.82, 2.24) is 10.2 Å². The molecule has 1 atom stereocenters. The van der Waals surface area contributed by atoms with Gasteiger partial charge in [0.05, 0.1) is 13.0 Å². The molecule has 0 saturated carbocycles. The van der Waals surface area contributed by atoms with E-state index in [1.807, 2.05) is 25.1 Å². The van der Waals surface area contributed by atoms with Crippen molar-refractivity contribution in [3.8, 4) is 0 Å². The van der Waals surface area contributed by atoms with E-state index in [0.29, 0.717) is 6.54 Å². The van der Waals surface area contributed by atoms with Gasteiger partial charge in [-0.2, -0.15) is 0 Å². The van der Waals surface area contributed by atoms with Crippen LogP contribution in [0.5, 0.6) is 0 Å². The van der Waals surface area contributed by atoms with Gasteiger partial charge in [-0.3, -0.25) is 9.79 Å². The number of nitrogens with zero attached hydrogens (tertiary/aromatic N) is 3. The number of anilines is 1. The third-order valence-electron chi connectivity index (χ3n) is 4.13. The van der Waals surface area contributed by atoms with Crippen LogP contribution in [0.25, 0.3) is 0 Å². The van der Waals surface area contributed by atoms with Crippen LogP contribution in [-0.4, -0.2) is 63.7 Å². The Morgan fingerprint density at radius 3 is 2.60 bits per heavy atom. The van der Waals surface area contributed by atoms with Crippen molar-refractivity contribution in [3.63, 3.8) is 0 Å². The van der Waals surface area contributed by atoms with E-state index in [1.165, 1.54) is 7.11 Å². The molecule has 1 aromatic carbocycles. The van der Waals surface area contributed by atoms with Crippen molar-refractivity contribution in [1.29, 1.82) is 0 Å². The minimum Gasteiger partial charge on any atom is -0.469 e. The van der Waals surface area contributed by atoms with Crippen LogP contribution in [0.15, 0.2) is 29.3 Å². The molecule has 6 nitrogen and oxygen atoms in total. The topological polar surface area (TPSA) is 57.2 Å². The molecule has 0 radical (unpaired) electrons. The number of benzene rings is 1. The minimum absolute atomic E-state index is 0. The average Bonchev–Trinajstić information content (AvgIpc) is 2.61. The number of hydrogen-bond donors (Lipinski definition) is 1. The van der Waals surface area contributed by atoms with Crippen LogP contribution in [0.3, 0.4) is 0 Å². The van der Waals surface area contributed by atoms with Crippen molar-refractivity contribution in [2.24, 2.45) is 10.9 Å². The van der Waals surface area contributed by atoms with Crippen LogP contribution < -0.4 is 10.2 Å². The van der Waals surface area contributed by atoms with E-state index in [0.717, 1.165) is 42.8 Å². The van der Waals surface area contributed by atoms with Gasteiger partial charge in [0.25, 0.3) is 0 Å². The van der Waals surface area contributed by atoms with E-state index in [9.17, 15) is 4.79 Å². The number of methoxy groups -OCH3 is 1. The number of ether oxygens (including phenoxy) is 1. The molecule has 1 aliphatic heterocycles. The SMILES string of the molecule is CN=C(NCC(C)C(=O)OC)N1CCN(c2cccc(Cl)c2)CC1.I. The van der Waals surface area contributed by atoms with Crippen molar-refractivity contribution in [2.45, 2.75) is 6.92 Å². The van der Waals surface area contributed by atoms with Gasteiger partial charge < -0.3 is 19.9 Å². The van der Waals surface area contributed by atoms with Gasteiger partial charge in [-0.25, -0.2) is 0 Å². The molecule has 0 aromatic heterocycles. The zero-order valence-electron chi connectivity index (χ0n) is 14.9. The van der Waals surface area contributed by atoms with Crippen molar-refractivity contribution in [3.05, 3.63) is 29.3 Å². The lowest BCUT2D eigenvalue weighted by Crippen LogP contribution is -2.53. The Bertz CT molecular complexity index is 592. The first-order valence-corrected chi connectivity index (χ1v) is 8.47. The number of piperazine rings is 1. The summed E-state index contributed by atoms with van der Waals surface area (Å²) in [5, 5.41) is 4.01. The highest BCUT2D eigenvalue weighted by molar-refractivity contribution is 14.0. The van der Waals surface area contributed by atoms with Crippen LogP contribution in [0.2, 0.25) is 5.02 Å². The van der Waals surface area contributed by atoms with E-state index >= 15 is 0 Å². The number of carbonyl (C=O) groups is 1. The molecule has 1 fully saturated rings. The molecule has 1 heterocycles. The normalized spacial score (nSPS) is 16.1. The van der Waals surface area contributed by atoms with Crippen molar-refractivity contribution >= 4 is 53.2 Å². The Labute approximate surface area is 171 Å². The third kappa shape index (κ3) is 6.22. The van der Waals surface area contributed by atoms with Crippen LogP contribution in [0, 0.1) is 5.92 Å². The maximum Gasteiger partial charge on any atom is 0.310 e. The van der Waals surface area contributed by atoms with Gasteiger partial charge in [0.1, 0.15) is 0 Å². The highest BCUT2D eigenvalue weighted by atomic mass is 127. The zero-order chi connectivity index (χ0) is 17.5. The summed E-state index contributed by atoms with van der Waals surface area (Å²) in [6, 6.07) is 7.92. The highest BCUT2D eigenvalue weighted by Crippen LogP contribution is 2.20. The third-order valence-corrected chi connectivity index (χ3v) is 4.37. The molecule has 1 saturated heterocycles. The highest BCUT2D eigenvalue weighted by Gasteiger charge is 2.21. The standard InChI is InChI=1S/C17H25ClN4O2.HI/c1-13(16(23)24-3)12-20-17(19-2)22-9-7-21(8-10-22)15-6-4-5-14(18)11-15;/h4-6,11,13H,7-10,12H2,1-3H3,(H,19,20);1H. The van der Waals surface area contributed by atoms with Gasteiger partial charge >= 0.3 is 5.97 Å². The summed E-state index contributed by atoms with van der Waals surface area (Å²) in [7, 11) is 3.16. The molecule has 1 N–H and O–H groups in total. The molecule has 25 heavy (non-hydrogen) atoms. The first-order chi connectivity index (χ1) is 11.5. The van der Waals surface area contributed by atoms with Crippen molar-refractivity contribution in [2.75, 3.05) is 51.8 Å². The second-order valence-electron chi connectivity index (χ2n) is 5.81. The van der Waals surface area contributed by atoms with Gasteiger partial charge in [-0.05, 0) is 18.2 Å². The first-order valence-electron chi connectivity index (χ1n) is 8.09. The number of guanidine groups is 1. The lowest BCUT2D eigenvalue weighted by Gasteiger charge is -2.37. The Kier molecular flexibility index (Phi) is 9.34. The predicted octanol–water partition coefficient (Wildman–Crippen LogP) is 2.46. The van der Waals surface area contributed by atoms with Gasteiger partial charge in [0, 0.05) is 50.5 Å². The fourth-order valence-corrected chi connectivity index (χ4v) is 2.89. The zero-order valence-corrected chi connectivity index (χ0v) is 18.0. The van der Waals surface area contributed by atoms with Crippen LogP contribution in [0.4, 0.5) is 5.69 Å². The molecule has 1 aliphatic rings. The molecule has 1 aromatic rings. The Morgan fingerprint density at radius 1 is 1.36 bits per heavy atom. The number of aliphatic imine (C=N–C) groups is 1. The number of nitrogens with one attached hydrogen (secondary N) is 1. The molecule has 1 unspecified atom stereocenters. The average molecular weight is 481 g/mol. The largest absolute Gasteiger partial charge is 0.469 e. The predicted molar refractivity (Wildman–Crippen MR) is 113 cm³/mol. The van der Waals surface area contributed by atoms with Gasteiger partial charge in [0.2, 0.25) is 0 Å². The lowest BCUT2D eigenvalue weighted by molar-refractivity contribution is -0.144. The summed E-state index contributed by atoms with van der Waals surface area (Å²) in [6.45, 7) is 5.86. The molecule has 0 spiro atoms. The minimum atomic E-state index is -0.219. The smallest absolute Gasteiger partial charge is 0.310 e. The summed E-state index contributed by atoms with van der Waals surface area (Å²) in [5.74, 6) is 0.389. The molecule has 0 amide bonds. The number of carbonyl (C=O) groups excluding carboxylic acids is 1. The molecule has 0 bridgehead atoms. The van der Waals surface area contributed by atoms with Crippen LogP contribution in [0.1, 0.15) is 6.92 Å². The molecule has 2 rings (SSSR count). The van der Waals surface area contributed by atoms with E-state index in [2.05, 4.69) is 26.2 Å². The van der Waals surface area contributed by atoms with Gasteiger partial charge in [0.15, 0.2) is 5.96 Å². The van der Waals surface area contributed by atoms with Crippen LogP contribution >= 0.6 is 35.6 Å². The van der Waals surface area contributed by atoms with Crippen LogP contribution in [-0.2, 0) is 9.53 Å². The van der Waals surface area contributed by atoms with Gasteiger partial charge in [-0.1, -0.05) is 24.6 Å². The van der Waals surface area contributed by atoms with Crippen molar-refractivity contribution < 1.29 is 9.53 Å². The fourth-order valence-electron chi connectivity index (χ4n) is 2.71. The summed E-state index contributed by atoms with van der Waals surface area (Å²) in [6.07, 6.45) is 0. The quantitative estimate of drug-likeness (QED) is 0.311. The van der Waals surface area contributed by atoms with E-state index < -0.39 is 0 Å². The second-order valence-corrected chi connectivity index (χ2v) is 6.24. The van der Waals surface area contributed by atoms with E-state index in [4.69, 9.17) is 16.3 Å². The maximum atomic E-state index is 11.5. The van der Waals surface area contributed by atoms with E-state index in [-0.39, 0.29) is 35.9 Å². The Morgan fingerprint density at radius 2 is 2.04 bits per heavy atom. The molecule has 0 aliphatic carbocycles. The summed E-state index contributed by atoms with van der Waals surface area (Å²) in [4.78, 5) is 20.3. The Hall–Kier alpha value is -1.22. The molecule has 140 valence electrons. The molecule has 8 heteroatoms. The maximum absolute atomic E-state index is 11.5. The second kappa shape index (κ2) is 10.7. The summed E-state index contributed by atoms with van der Waals surface area (Å²) < 4.78 is 4.75. The summed E-state index contributed by atoms with van der Waals surface area (Å²) in [5.41, 5.74) is 1.14. The lowest BCUT2D eigenvalue weighted by atomic mass is 10.2. The number of rotatable bonds is 4. The summed E-state index contributed by atoms with van der Waals surface area (Å²) >= 11 is 6.07. The number of halogens is 2. The fraction of sp³-hybridized carbons (Fsp3) is 0.529. The van der Waals surface area contributed by atoms with Gasteiger partial charge in [-0.15, -0.1) is 24.0 Å². The first kappa shape index (κ1) is 21.8. The molecular weight excluding hydrogens is 455 g/mol. The molecular formula is C17H26ClIN4O2. The Balaban J connectivity index is 0.00000312. The number of esters is 1.